The molecule has 2 aliphatic rings. The van der Waals surface area contributed by atoms with E-state index in [0.717, 1.165) is 34.4 Å². The molecule has 2 amide bonds. The Morgan fingerprint density at radius 1 is 1.04 bits per heavy atom. The molecule has 240 valence electrons. The third kappa shape index (κ3) is 6.21. The van der Waals surface area contributed by atoms with Gasteiger partial charge in [0.2, 0.25) is 17.6 Å². The van der Waals surface area contributed by atoms with Crippen LogP contribution in [0.4, 0.5) is 5.69 Å². The average Bonchev–Trinajstić information content (AvgIpc) is 3.71. The van der Waals surface area contributed by atoms with Gasteiger partial charge in [-0.2, -0.15) is 5.21 Å². The van der Waals surface area contributed by atoms with Crippen molar-refractivity contribution in [1.82, 2.24) is 36.6 Å². The van der Waals surface area contributed by atoms with Crippen LogP contribution in [0.25, 0.3) is 11.4 Å². The smallest absolute Gasteiger partial charge is 0.239 e. The van der Waals surface area contributed by atoms with Crippen LogP contribution in [-0.4, -0.2) is 57.7 Å². The molecule has 1 saturated heterocycles. The highest BCUT2D eigenvalue weighted by atomic mass is 35.5. The van der Waals surface area contributed by atoms with E-state index in [2.05, 4.69) is 86.5 Å². The Bertz CT molecular complexity index is 1720. The predicted molar refractivity (Wildman–Crippen MR) is 180 cm³/mol. The molecular formula is C34H38Cl2N8O2. The van der Waals surface area contributed by atoms with Crippen LogP contribution in [-0.2, 0) is 21.5 Å². The third-order valence-electron chi connectivity index (χ3n) is 9.01. The first-order valence-corrected chi connectivity index (χ1v) is 16.1. The molecule has 3 aromatic carbocycles. The first-order chi connectivity index (χ1) is 22.0. The molecule has 6 rings (SSSR count). The van der Waals surface area contributed by atoms with Crippen LogP contribution >= 0.6 is 23.2 Å². The SMILES string of the molecule is CC(=O)NCNC(=O)[C@@H]1N[C@@H](CC(C)(C)C)[C@@]2(CN(Cc3ccc(-c4nn[nH]n4)cc3)c3ccc(Cl)cc32)[C@H]1c1ccccc1Cl. The lowest BCUT2D eigenvalue weighted by Crippen LogP contribution is -2.48. The lowest BCUT2D eigenvalue weighted by Gasteiger charge is -2.40. The molecule has 2 aliphatic heterocycles. The zero-order valence-corrected chi connectivity index (χ0v) is 27.8. The van der Waals surface area contributed by atoms with Crippen molar-refractivity contribution >= 4 is 40.7 Å². The second kappa shape index (κ2) is 12.7. The summed E-state index contributed by atoms with van der Waals surface area (Å²) in [7, 11) is 0. The van der Waals surface area contributed by atoms with E-state index in [0.29, 0.717) is 29.0 Å². The number of benzene rings is 3. The van der Waals surface area contributed by atoms with Gasteiger partial charge in [-0.25, -0.2) is 0 Å². The minimum atomic E-state index is -0.623. The molecule has 4 aromatic rings. The number of hydrogen-bond donors (Lipinski definition) is 4. The fourth-order valence-electron chi connectivity index (χ4n) is 7.22. The summed E-state index contributed by atoms with van der Waals surface area (Å²) < 4.78 is 0. The first kappa shape index (κ1) is 32.0. The molecular weight excluding hydrogens is 623 g/mol. The van der Waals surface area contributed by atoms with Gasteiger partial charge in [0.1, 0.15) is 0 Å². The maximum atomic E-state index is 14.0. The maximum absolute atomic E-state index is 14.0. The summed E-state index contributed by atoms with van der Waals surface area (Å²) in [4.78, 5) is 28.0. The summed E-state index contributed by atoms with van der Waals surface area (Å²) in [5.74, 6) is -0.217. The number of rotatable bonds is 8. The van der Waals surface area contributed by atoms with E-state index >= 15 is 0 Å². The van der Waals surface area contributed by atoms with Crippen LogP contribution in [0.5, 0.6) is 0 Å². The Balaban J connectivity index is 1.46. The predicted octanol–water partition coefficient (Wildman–Crippen LogP) is 5.20. The van der Waals surface area contributed by atoms with E-state index in [1.165, 1.54) is 6.92 Å². The lowest BCUT2D eigenvalue weighted by molar-refractivity contribution is -0.123. The molecule has 0 saturated carbocycles. The largest absolute Gasteiger partial charge is 0.366 e. The topological polar surface area (TPSA) is 128 Å². The number of anilines is 1. The second-order valence-corrected chi connectivity index (χ2v) is 14.2. The number of carbonyl (C=O) groups is 2. The van der Waals surface area contributed by atoms with E-state index in [9.17, 15) is 9.59 Å². The zero-order chi connectivity index (χ0) is 32.6. The van der Waals surface area contributed by atoms with Crippen molar-refractivity contribution in [2.45, 2.75) is 64.1 Å². The van der Waals surface area contributed by atoms with Crippen molar-refractivity contribution < 1.29 is 9.59 Å². The van der Waals surface area contributed by atoms with Crippen molar-refractivity contribution in [1.29, 1.82) is 0 Å². The number of H-pyrrole nitrogens is 1. The van der Waals surface area contributed by atoms with Crippen LogP contribution in [0, 0.1) is 5.41 Å². The van der Waals surface area contributed by atoms with Gasteiger partial charge >= 0.3 is 0 Å². The highest BCUT2D eigenvalue weighted by molar-refractivity contribution is 6.31. The van der Waals surface area contributed by atoms with E-state index in [1.54, 1.807) is 0 Å². The Kier molecular flexibility index (Phi) is 8.80. The molecule has 0 aliphatic carbocycles. The summed E-state index contributed by atoms with van der Waals surface area (Å²) in [6, 6.07) is 21.3. The normalized spacial score (nSPS) is 22.2. The quantitative estimate of drug-likeness (QED) is 0.191. The second-order valence-electron chi connectivity index (χ2n) is 13.4. The zero-order valence-electron chi connectivity index (χ0n) is 26.3. The summed E-state index contributed by atoms with van der Waals surface area (Å²) in [6.45, 7) is 9.38. The first-order valence-electron chi connectivity index (χ1n) is 15.4. The Hall–Kier alpha value is -3.99. The van der Waals surface area contributed by atoms with E-state index in [1.807, 2.05) is 42.5 Å². The summed E-state index contributed by atoms with van der Waals surface area (Å²) >= 11 is 13.7. The minimum absolute atomic E-state index is 0.0346. The summed E-state index contributed by atoms with van der Waals surface area (Å²) in [5.41, 5.74) is 4.41. The molecule has 0 bridgehead atoms. The molecule has 12 heteroatoms. The van der Waals surface area contributed by atoms with Crippen molar-refractivity contribution in [3.63, 3.8) is 0 Å². The Labute approximate surface area is 278 Å². The monoisotopic (exact) mass is 660 g/mol. The van der Waals surface area contributed by atoms with E-state index in [4.69, 9.17) is 23.2 Å². The average molecular weight is 662 g/mol. The van der Waals surface area contributed by atoms with Crippen LogP contribution in [0.15, 0.2) is 66.7 Å². The van der Waals surface area contributed by atoms with Crippen molar-refractivity contribution in [2.24, 2.45) is 5.41 Å². The number of aromatic amines is 1. The van der Waals surface area contributed by atoms with Gasteiger partial charge in [-0.05, 0) is 58.0 Å². The van der Waals surface area contributed by atoms with Gasteiger partial charge in [-0.15, -0.1) is 10.2 Å². The number of aromatic nitrogens is 4. The Morgan fingerprint density at radius 2 is 1.80 bits per heavy atom. The molecule has 4 N–H and O–H groups in total. The van der Waals surface area contributed by atoms with Crippen molar-refractivity contribution in [2.75, 3.05) is 18.1 Å². The number of hydrogen-bond acceptors (Lipinski definition) is 7. The van der Waals surface area contributed by atoms with Crippen molar-refractivity contribution in [3.05, 3.63) is 93.5 Å². The third-order valence-corrected chi connectivity index (χ3v) is 9.59. The van der Waals surface area contributed by atoms with Gasteiger partial charge in [0, 0.05) is 58.7 Å². The number of halogens is 2. The molecule has 10 nitrogen and oxygen atoms in total. The molecule has 46 heavy (non-hydrogen) atoms. The number of amides is 2. The fourth-order valence-corrected chi connectivity index (χ4v) is 7.64. The number of nitrogens with one attached hydrogen (secondary N) is 4. The van der Waals surface area contributed by atoms with Gasteiger partial charge < -0.3 is 20.9 Å². The van der Waals surface area contributed by atoms with Crippen molar-refractivity contribution in [3.8, 4) is 11.4 Å². The molecule has 0 radical (unpaired) electrons. The molecule has 3 heterocycles. The van der Waals surface area contributed by atoms with Gasteiger partial charge in [-0.1, -0.05) is 86.4 Å². The van der Waals surface area contributed by atoms with Gasteiger partial charge in [-0.3, -0.25) is 9.59 Å². The molecule has 1 spiro atoms. The van der Waals surface area contributed by atoms with Gasteiger partial charge in [0.05, 0.1) is 12.7 Å². The molecule has 4 atom stereocenters. The van der Waals surface area contributed by atoms with Crippen LogP contribution in [0.3, 0.4) is 0 Å². The maximum Gasteiger partial charge on any atom is 0.239 e. The number of tetrazole rings is 1. The number of nitrogens with zero attached hydrogens (tertiary/aromatic N) is 4. The van der Waals surface area contributed by atoms with Gasteiger partial charge in [0.25, 0.3) is 0 Å². The summed E-state index contributed by atoms with van der Waals surface area (Å²) in [5, 5.41) is 25.0. The van der Waals surface area contributed by atoms with Crippen LogP contribution in [0.2, 0.25) is 10.0 Å². The minimum Gasteiger partial charge on any atom is -0.366 e. The molecule has 1 fully saturated rings. The Morgan fingerprint density at radius 3 is 2.48 bits per heavy atom. The standard InChI is InChI=1S/C34H38Cl2N8O2/c1-20(45)37-19-38-32(46)30-29(24-7-5-6-8-26(24)36)34(28(39-30)16-33(2,3)4)18-44(27-14-13-23(35)15-25(27)34)17-21-9-11-22(12-10-21)31-40-42-43-41-31/h5-15,28-30,39H,16-19H2,1-4H3,(H,37,45)(H,38,46)(H,40,41,42,43)/t28-,29-,30+,34-/m0/s1. The summed E-state index contributed by atoms with van der Waals surface area (Å²) in [6.07, 6.45) is 0.794. The van der Waals surface area contributed by atoms with E-state index < -0.39 is 11.5 Å². The van der Waals surface area contributed by atoms with Crippen LogP contribution in [0.1, 0.15) is 56.7 Å². The fraction of sp³-hybridized carbons (Fsp3) is 0.382. The highest BCUT2D eigenvalue weighted by Gasteiger charge is 2.62. The van der Waals surface area contributed by atoms with Crippen LogP contribution < -0.4 is 20.9 Å². The van der Waals surface area contributed by atoms with Gasteiger partial charge in [0.15, 0.2) is 0 Å². The van der Waals surface area contributed by atoms with E-state index in [-0.39, 0.29) is 35.9 Å². The lowest BCUT2D eigenvalue weighted by atomic mass is 9.63. The number of carbonyl (C=O) groups excluding carboxylic acids is 2. The number of fused-ring (bicyclic) bond motifs is 2. The molecule has 0 unspecified atom stereocenters. The highest BCUT2D eigenvalue weighted by Crippen LogP contribution is 2.58. The molecule has 1 aromatic heterocycles.